The lowest BCUT2D eigenvalue weighted by atomic mass is 10.2. The lowest BCUT2D eigenvalue weighted by molar-refractivity contribution is -0.384. The minimum absolute atomic E-state index is 0.0147. The van der Waals surface area contributed by atoms with E-state index in [1.165, 1.54) is 10.7 Å². The first-order valence-electron chi connectivity index (χ1n) is 8.15. The van der Waals surface area contributed by atoms with Crippen molar-refractivity contribution >= 4 is 34.4 Å². The molecule has 0 saturated carbocycles. The molecule has 0 atom stereocenters. The van der Waals surface area contributed by atoms with E-state index in [0.717, 1.165) is 12.1 Å². The molecule has 0 amide bonds. The largest absolute Gasteiger partial charge is 0.327 e. The summed E-state index contributed by atoms with van der Waals surface area (Å²) in [6.45, 7) is 1.74. The van der Waals surface area contributed by atoms with Crippen molar-refractivity contribution in [1.29, 1.82) is 0 Å². The lowest BCUT2D eigenvalue weighted by Gasteiger charge is -2.10. The Morgan fingerprint density at radius 1 is 1.18 bits per heavy atom. The maximum Gasteiger partial charge on any atom is 0.295 e. The Hall–Kier alpha value is -3.53. The smallest absolute Gasteiger partial charge is 0.295 e. The Bertz CT molecular complexity index is 1120. The van der Waals surface area contributed by atoms with E-state index >= 15 is 0 Å². The van der Waals surface area contributed by atoms with Crippen molar-refractivity contribution in [2.45, 2.75) is 6.92 Å². The van der Waals surface area contributed by atoms with Crippen LogP contribution in [0.5, 0.6) is 0 Å². The monoisotopic (exact) mass is 401 g/mol. The predicted octanol–water partition coefficient (Wildman–Crippen LogP) is 3.34. The second kappa shape index (κ2) is 7.61. The maximum atomic E-state index is 13.3. The first-order valence-corrected chi connectivity index (χ1v) is 8.56. The Morgan fingerprint density at radius 3 is 2.50 bits per heavy atom. The van der Waals surface area contributed by atoms with Gasteiger partial charge in [0.1, 0.15) is 17.2 Å². The van der Waals surface area contributed by atoms with Crippen LogP contribution in [0.2, 0.25) is 0 Å². The number of nitrogens with zero attached hydrogens (tertiary/aromatic N) is 3. The van der Waals surface area contributed by atoms with Crippen molar-refractivity contribution < 1.29 is 9.31 Å². The Kier molecular flexibility index (Phi) is 5.23. The van der Waals surface area contributed by atoms with Gasteiger partial charge in [-0.3, -0.25) is 19.6 Å². The molecule has 0 bridgehead atoms. The highest BCUT2D eigenvalue weighted by molar-refractivity contribution is 7.80. The summed E-state index contributed by atoms with van der Waals surface area (Å²) in [5, 5.41) is 16.5. The van der Waals surface area contributed by atoms with Crippen LogP contribution < -0.4 is 16.2 Å². The number of hydrogen-bond acceptors (Lipinski definition) is 4. The van der Waals surface area contributed by atoms with E-state index in [4.69, 9.17) is 12.2 Å². The first-order chi connectivity index (χ1) is 13.3. The van der Waals surface area contributed by atoms with E-state index in [9.17, 15) is 19.3 Å². The topological polar surface area (TPSA) is 94.1 Å². The number of thiocarbonyl (C=S) groups is 1. The summed E-state index contributed by atoms with van der Waals surface area (Å²) < 4.78 is 16.4. The molecule has 1 aromatic heterocycles. The van der Waals surface area contributed by atoms with E-state index in [2.05, 4.69) is 10.6 Å². The third-order valence-corrected chi connectivity index (χ3v) is 4.40. The second-order valence-electron chi connectivity index (χ2n) is 5.93. The zero-order valence-electron chi connectivity index (χ0n) is 15.0. The van der Waals surface area contributed by atoms with Crippen LogP contribution in [0.15, 0.2) is 53.3 Å². The van der Waals surface area contributed by atoms with Crippen LogP contribution in [0.4, 0.5) is 21.5 Å². The number of para-hydroxylation sites is 1. The number of hydrogen-bond donors (Lipinski definition) is 2. The van der Waals surface area contributed by atoms with Crippen molar-refractivity contribution in [2.75, 3.05) is 10.6 Å². The van der Waals surface area contributed by atoms with Gasteiger partial charge in [0, 0.05) is 7.05 Å². The van der Waals surface area contributed by atoms with Crippen molar-refractivity contribution in [3.05, 3.63) is 80.5 Å². The fourth-order valence-corrected chi connectivity index (χ4v) is 2.95. The Morgan fingerprint density at radius 2 is 1.86 bits per heavy atom. The molecule has 0 saturated heterocycles. The Labute approximate surface area is 164 Å². The van der Waals surface area contributed by atoms with Crippen LogP contribution in [-0.2, 0) is 7.05 Å². The van der Waals surface area contributed by atoms with Crippen LogP contribution in [-0.4, -0.2) is 19.4 Å². The van der Waals surface area contributed by atoms with Crippen LogP contribution in [0.25, 0.3) is 5.69 Å². The van der Waals surface area contributed by atoms with Crippen molar-refractivity contribution in [3.8, 4) is 5.69 Å². The van der Waals surface area contributed by atoms with Gasteiger partial charge >= 0.3 is 0 Å². The molecular formula is C18H16FN5O3S. The molecule has 0 aliphatic carbocycles. The van der Waals surface area contributed by atoms with Gasteiger partial charge < -0.3 is 10.6 Å². The van der Waals surface area contributed by atoms with Gasteiger partial charge in [-0.1, -0.05) is 18.2 Å². The zero-order valence-corrected chi connectivity index (χ0v) is 15.8. The third kappa shape index (κ3) is 3.62. The fourth-order valence-electron chi connectivity index (χ4n) is 2.74. The normalized spacial score (nSPS) is 10.5. The molecule has 8 nitrogen and oxygen atoms in total. The standard InChI is InChI=1S/C18H16FN5O3S/c1-11-16(17(25)23(22(11)2)13-6-4-3-5-7-13)21-18(28)20-14-9-8-12(19)10-15(14)24(26)27/h3-10H,1-2H3,(H2,20,21,28). The molecule has 3 aromatic rings. The average Bonchev–Trinajstić information content (AvgIpc) is 2.87. The van der Waals surface area contributed by atoms with Gasteiger partial charge in [-0.05, 0) is 43.4 Å². The summed E-state index contributed by atoms with van der Waals surface area (Å²) in [6.07, 6.45) is 0. The molecule has 2 N–H and O–H groups in total. The molecule has 0 radical (unpaired) electrons. The van der Waals surface area contributed by atoms with Gasteiger partial charge in [0.15, 0.2) is 5.11 Å². The molecule has 0 aliphatic rings. The van der Waals surface area contributed by atoms with Gasteiger partial charge in [-0.25, -0.2) is 9.07 Å². The summed E-state index contributed by atoms with van der Waals surface area (Å²) in [5.74, 6) is -0.735. The van der Waals surface area contributed by atoms with Crippen LogP contribution in [0.1, 0.15) is 5.69 Å². The molecule has 1 heterocycles. The zero-order chi connectivity index (χ0) is 20.4. The molecule has 28 heavy (non-hydrogen) atoms. The van der Waals surface area contributed by atoms with E-state index in [1.54, 1.807) is 30.8 Å². The molecule has 0 unspecified atom stereocenters. The summed E-state index contributed by atoms with van der Waals surface area (Å²) in [4.78, 5) is 23.2. The third-order valence-electron chi connectivity index (χ3n) is 4.20. The van der Waals surface area contributed by atoms with Gasteiger partial charge in [0.2, 0.25) is 0 Å². The molecule has 10 heteroatoms. The number of halogens is 1. The van der Waals surface area contributed by atoms with Gasteiger partial charge in [-0.15, -0.1) is 0 Å². The minimum atomic E-state index is -0.735. The summed E-state index contributed by atoms with van der Waals surface area (Å²) in [6, 6.07) is 12.1. The lowest BCUT2D eigenvalue weighted by Crippen LogP contribution is -2.25. The summed E-state index contributed by atoms with van der Waals surface area (Å²) >= 11 is 5.19. The summed E-state index contributed by atoms with van der Waals surface area (Å²) in [7, 11) is 1.73. The number of nitro groups is 1. The Balaban J connectivity index is 1.90. The van der Waals surface area contributed by atoms with Crippen molar-refractivity contribution in [3.63, 3.8) is 0 Å². The quantitative estimate of drug-likeness (QED) is 0.396. The number of nitrogens with one attached hydrogen (secondary N) is 2. The average molecular weight is 401 g/mol. The van der Waals surface area contributed by atoms with Crippen molar-refractivity contribution in [2.24, 2.45) is 7.05 Å². The summed E-state index contributed by atoms with van der Waals surface area (Å²) in [5.41, 5.74) is 0.750. The molecule has 2 aromatic carbocycles. The fraction of sp³-hybridized carbons (Fsp3) is 0.111. The first kappa shape index (κ1) is 19.2. The van der Waals surface area contributed by atoms with Crippen LogP contribution in [0.3, 0.4) is 0 Å². The maximum absolute atomic E-state index is 13.3. The number of nitro benzene ring substituents is 1. The predicted molar refractivity (Wildman–Crippen MR) is 109 cm³/mol. The molecule has 0 aliphatic heterocycles. The van der Waals surface area contributed by atoms with E-state index < -0.39 is 16.4 Å². The number of rotatable bonds is 4. The highest BCUT2D eigenvalue weighted by Crippen LogP contribution is 2.25. The SMILES string of the molecule is Cc1c(NC(=S)Nc2ccc(F)cc2[N+](=O)[O-])c(=O)n(-c2ccccc2)n1C. The van der Waals surface area contributed by atoms with Crippen LogP contribution in [0, 0.1) is 22.9 Å². The number of anilines is 2. The molecule has 3 rings (SSSR count). The molecule has 0 fully saturated rings. The van der Waals surface area contributed by atoms with E-state index in [0.29, 0.717) is 11.4 Å². The van der Waals surface area contributed by atoms with E-state index in [-0.39, 0.29) is 22.0 Å². The van der Waals surface area contributed by atoms with Gasteiger partial charge in [0.05, 0.1) is 22.4 Å². The second-order valence-corrected chi connectivity index (χ2v) is 6.34. The molecule has 0 spiro atoms. The minimum Gasteiger partial charge on any atom is -0.327 e. The van der Waals surface area contributed by atoms with Crippen molar-refractivity contribution in [1.82, 2.24) is 9.36 Å². The van der Waals surface area contributed by atoms with Gasteiger partial charge in [0.25, 0.3) is 11.2 Å². The highest BCUT2D eigenvalue weighted by atomic mass is 32.1. The van der Waals surface area contributed by atoms with Gasteiger partial charge in [-0.2, -0.15) is 0 Å². The number of aromatic nitrogens is 2. The molecular weight excluding hydrogens is 385 g/mol. The highest BCUT2D eigenvalue weighted by Gasteiger charge is 2.19. The number of benzene rings is 2. The van der Waals surface area contributed by atoms with E-state index in [1.807, 2.05) is 18.2 Å². The molecule has 144 valence electrons. The van der Waals surface area contributed by atoms with Crippen LogP contribution >= 0.6 is 12.2 Å².